The van der Waals surface area contributed by atoms with Crippen LogP contribution in [0.2, 0.25) is 0 Å². The second-order valence-corrected chi connectivity index (χ2v) is 5.19. The van der Waals surface area contributed by atoms with Crippen LogP contribution in [0.1, 0.15) is 10.4 Å². The monoisotopic (exact) mass is 372 g/mol. The van der Waals surface area contributed by atoms with E-state index in [1.165, 1.54) is 6.07 Å². The van der Waals surface area contributed by atoms with E-state index in [0.29, 0.717) is 26.0 Å². The van der Waals surface area contributed by atoms with Crippen molar-refractivity contribution in [3.8, 4) is 11.5 Å². The van der Waals surface area contributed by atoms with Crippen molar-refractivity contribution in [2.45, 2.75) is 0 Å². The van der Waals surface area contributed by atoms with E-state index in [4.69, 9.17) is 4.74 Å². The molecule has 0 aromatic heterocycles. The standard InChI is InChI=1S/C13H7Br2FO2/c14-10-3-2-9(6-12(10)16)18-13-4-1-8(7-17)5-11(13)15/h1-7H. The van der Waals surface area contributed by atoms with Gasteiger partial charge in [-0.3, -0.25) is 4.79 Å². The van der Waals surface area contributed by atoms with E-state index in [2.05, 4.69) is 31.9 Å². The summed E-state index contributed by atoms with van der Waals surface area (Å²) in [6.07, 6.45) is 0.744. The Kier molecular flexibility index (Phi) is 4.14. The number of hydrogen-bond donors (Lipinski definition) is 0. The summed E-state index contributed by atoms with van der Waals surface area (Å²) in [5, 5.41) is 0. The first-order chi connectivity index (χ1) is 8.60. The van der Waals surface area contributed by atoms with Gasteiger partial charge in [0, 0.05) is 11.6 Å². The van der Waals surface area contributed by atoms with Gasteiger partial charge in [-0.2, -0.15) is 0 Å². The van der Waals surface area contributed by atoms with Crippen molar-refractivity contribution in [2.24, 2.45) is 0 Å². The molecule has 0 N–H and O–H groups in total. The van der Waals surface area contributed by atoms with Crippen molar-refractivity contribution < 1.29 is 13.9 Å². The van der Waals surface area contributed by atoms with Crippen LogP contribution in [0.15, 0.2) is 45.3 Å². The number of carbonyl (C=O) groups is 1. The van der Waals surface area contributed by atoms with Crippen molar-refractivity contribution in [3.63, 3.8) is 0 Å². The molecule has 0 heterocycles. The minimum atomic E-state index is -0.395. The fraction of sp³-hybridized carbons (Fsp3) is 0. The van der Waals surface area contributed by atoms with Crippen molar-refractivity contribution in [2.75, 3.05) is 0 Å². The fourth-order valence-electron chi connectivity index (χ4n) is 1.34. The van der Waals surface area contributed by atoms with Gasteiger partial charge in [0.2, 0.25) is 0 Å². The molecule has 18 heavy (non-hydrogen) atoms. The normalized spacial score (nSPS) is 10.2. The summed E-state index contributed by atoms with van der Waals surface area (Å²) in [4.78, 5) is 10.6. The molecule has 0 unspecified atom stereocenters. The molecule has 0 aliphatic carbocycles. The number of rotatable bonds is 3. The molecule has 0 fully saturated rings. The Morgan fingerprint density at radius 1 is 1.06 bits per heavy atom. The minimum Gasteiger partial charge on any atom is -0.456 e. The maximum absolute atomic E-state index is 13.3. The van der Waals surface area contributed by atoms with Crippen LogP contribution in [0.4, 0.5) is 4.39 Å². The zero-order valence-electron chi connectivity index (χ0n) is 8.99. The van der Waals surface area contributed by atoms with Crippen LogP contribution in [0, 0.1) is 5.82 Å². The predicted octanol–water partition coefficient (Wildman–Crippen LogP) is 4.96. The van der Waals surface area contributed by atoms with Gasteiger partial charge >= 0.3 is 0 Å². The lowest BCUT2D eigenvalue weighted by Gasteiger charge is -2.08. The number of benzene rings is 2. The van der Waals surface area contributed by atoms with Crippen LogP contribution < -0.4 is 4.74 Å². The van der Waals surface area contributed by atoms with Crippen LogP contribution in [-0.4, -0.2) is 6.29 Å². The Bertz CT molecular complexity index is 600. The lowest BCUT2D eigenvalue weighted by molar-refractivity contribution is 0.112. The van der Waals surface area contributed by atoms with Gasteiger partial charge in [-0.05, 0) is 62.2 Å². The van der Waals surface area contributed by atoms with Crippen molar-refractivity contribution >= 4 is 38.1 Å². The summed E-state index contributed by atoms with van der Waals surface area (Å²) in [5.41, 5.74) is 0.538. The largest absolute Gasteiger partial charge is 0.456 e. The van der Waals surface area contributed by atoms with Gasteiger partial charge in [0.25, 0.3) is 0 Å². The first-order valence-electron chi connectivity index (χ1n) is 4.98. The molecular weight excluding hydrogens is 367 g/mol. The van der Waals surface area contributed by atoms with Gasteiger partial charge in [0.15, 0.2) is 0 Å². The van der Waals surface area contributed by atoms with Gasteiger partial charge in [0.1, 0.15) is 23.6 Å². The second kappa shape index (κ2) is 5.63. The highest BCUT2D eigenvalue weighted by atomic mass is 79.9. The molecule has 0 amide bonds. The maximum atomic E-state index is 13.3. The molecule has 0 saturated heterocycles. The third-order valence-corrected chi connectivity index (χ3v) is 3.47. The van der Waals surface area contributed by atoms with Gasteiger partial charge in [-0.1, -0.05) is 0 Å². The van der Waals surface area contributed by atoms with E-state index in [-0.39, 0.29) is 0 Å². The molecule has 0 saturated carbocycles. The van der Waals surface area contributed by atoms with Gasteiger partial charge < -0.3 is 4.74 Å². The molecule has 2 nitrogen and oxygen atoms in total. The highest BCUT2D eigenvalue weighted by Gasteiger charge is 2.06. The van der Waals surface area contributed by atoms with E-state index in [9.17, 15) is 9.18 Å². The smallest absolute Gasteiger partial charge is 0.150 e. The average molecular weight is 374 g/mol. The van der Waals surface area contributed by atoms with Gasteiger partial charge in [0.05, 0.1) is 8.95 Å². The van der Waals surface area contributed by atoms with E-state index in [0.717, 1.165) is 6.29 Å². The fourth-order valence-corrected chi connectivity index (χ4v) is 2.06. The average Bonchev–Trinajstić information content (AvgIpc) is 2.36. The van der Waals surface area contributed by atoms with Crippen LogP contribution in [0.5, 0.6) is 11.5 Å². The number of hydrogen-bond acceptors (Lipinski definition) is 2. The minimum absolute atomic E-state index is 0.380. The summed E-state index contributed by atoms with van der Waals surface area (Å²) in [6.45, 7) is 0. The Hall–Kier alpha value is -1.20. The molecule has 0 atom stereocenters. The number of halogens is 3. The van der Waals surface area contributed by atoms with Crippen LogP contribution in [0.3, 0.4) is 0 Å². The first kappa shape index (κ1) is 13.2. The molecule has 2 rings (SSSR count). The third-order valence-electron chi connectivity index (χ3n) is 2.21. The van der Waals surface area contributed by atoms with Crippen LogP contribution in [-0.2, 0) is 0 Å². The molecule has 2 aromatic rings. The second-order valence-electron chi connectivity index (χ2n) is 3.49. The van der Waals surface area contributed by atoms with Crippen LogP contribution in [0.25, 0.3) is 0 Å². The van der Waals surface area contributed by atoms with Crippen molar-refractivity contribution in [1.29, 1.82) is 0 Å². The summed E-state index contributed by atoms with van der Waals surface area (Å²) in [6, 6.07) is 9.41. The summed E-state index contributed by atoms with van der Waals surface area (Å²) < 4.78 is 19.9. The third kappa shape index (κ3) is 2.97. The van der Waals surface area contributed by atoms with E-state index >= 15 is 0 Å². The van der Waals surface area contributed by atoms with Crippen molar-refractivity contribution in [3.05, 3.63) is 56.7 Å². The highest BCUT2D eigenvalue weighted by Crippen LogP contribution is 2.31. The van der Waals surface area contributed by atoms with Crippen molar-refractivity contribution in [1.82, 2.24) is 0 Å². The number of ether oxygens (including phenoxy) is 1. The first-order valence-corrected chi connectivity index (χ1v) is 6.56. The number of aldehydes is 1. The zero-order valence-corrected chi connectivity index (χ0v) is 12.2. The molecular formula is C13H7Br2FO2. The maximum Gasteiger partial charge on any atom is 0.150 e. The Labute approximate surface area is 120 Å². The lowest BCUT2D eigenvalue weighted by Crippen LogP contribution is -1.88. The Balaban J connectivity index is 2.28. The van der Waals surface area contributed by atoms with Gasteiger partial charge in [-0.25, -0.2) is 4.39 Å². The summed E-state index contributed by atoms with van der Waals surface area (Å²) in [7, 11) is 0. The highest BCUT2D eigenvalue weighted by molar-refractivity contribution is 9.10. The van der Waals surface area contributed by atoms with E-state index in [1.807, 2.05) is 0 Å². The lowest BCUT2D eigenvalue weighted by atomic mass is 10.2. The van der Waals surface area contributed by atoms with Gasteiger partial charge in [-0.15, -0.1) is 0 Å². The zero-order chi connectivity index (χ0) is 13.1. The Morgan fingerprint density at radius 3 is 2.44 bits per heavy atom. The molecule has 92 valence electrons. The molecule has 0 radical (unpaired) electrons. The molecule has 5 heteroatoms. The van der Waals surface area contributed by atoms with E-state index in [1.54, 1.807) is 30.3 Å². The quantitative estimate of drug-likeness (QED) is 0.711. The molecule has 0 aliphatic heterocycles. The predicted molar refractivity (Wildman–Crippen MR) is 73.7 cm³/mol. The molecule has 0 bridgehead atoms. The topological polar surface area (TPSA) is 26.3 Å². The number of carbonyl (C=O) groups excluding carboxylic acids is 1. The molecule has 0 spiro atoms. The summed E-state index contributed by atoms with van der Waals surface area (Å²) in [5.74, 6) is 0.505. The molecule has 2 aromatic carbocycles. The SMILES string of the molecule is O=Cc1ccc(Oc2ccc(Br)c(F)c2)c(Br)c1. The summed E-state index contributed by atoms with van der Waals surface area (Å²) >= 11 is 6.36. The molecule has 0 aliphatic rings. The van der Waals surface area contributed by atoms with Crippen LogP contribution >= 0.6 is 31.9 Å². The Morgan fingerprint density at radius 2 is 1.83 bits per heavy atom. The van der Waals surface area contributed by atoms with E-state index < -0.39 is 5.82 Å².